The number of hydrogen-bond acceptors (Lipinski definition) is 3. The average Bonchev–Trinajstić information content (AvgIpc) is 3.39. The summed E-state index contributed by atoms with van der Waals surface area (Å²) in [5.74, 6) is 0.420. The Morgan fingerprint density at radius 2 is 2.10 bits per heavy atom. The average molecular weight is 367 g/mol. The molecular formula is C16H16BrFN2S. The maximum atomic E-state index is 13.4. The molecule has 0 unspecified atom stereocenters. The van der Waals surface area contributed by atoms with Gasteiger partial charge in [-0.15, -0.1) is 11.3 Å². The third-order valence-electron chi connectivity index (χ3n) is 3.99. The van der Waals surface area contributed by atoms with Crippen LogP contribution in [0.2, 0.25) is 0 Å². The third-order valence-corrected chi connectivity index (χ3v) is 5.71. The van der Waals surface area contributed by atoms with Crippen molar-refractivity contribution in [3.05, 3.63) is 39.1 Å². The fourth-order valence-electron chi connectivity index (χ4n) is 2.44. The summed E-state index contributed by atoms with van der Waals surface area (Å²) in [7, 11) is 0. The number of hydrogen-bond donors (Lipinski definition) is 1. The predicted molar refractivity (Wildman–Crippen MR) is 87.0 cm³/mol. The Labute approximate surface area is 135 Å². The number of aromatic nitrogens is 1. The van der Waals surface area contributed by atoms with Crippen LogP contribution in [0.4, 0.5) is 4.39 Å². The summed E-state index contributed by atoms with van der Waals surface area (Å²) in [5.41, 5.74) is 2.26. The number of nitrogens with one attached hydrogen (secondary N) is 1. The second-order valence-corrected chi connectivity index (χ2v) is 7.82. The highest BCUT2D eigenvalue weighted by atomic mass is 79.9. The van der Waals surface area contributed by atoms with Crippen LogP contribution in [0, 0.1) is 5.82 Å². The Morgan fingerprint density at radius 3 is 2.76 bits per heavy atom. The molecule has 2 aliphatic rings. The molecule has 2 fully saturated rings. The van der Waals surface area contributed by atoms with Gasteiger partial charge in [0.1, 0.15) is 10.8 Å². The Kier molecular flexibility index (Phi) is 3.59. The number of rotatable bonds is 5. The standard InChI is InChI=1S/C16H16BrFN2S/c17-12-7-10(3-6-13(12)18)16-20-15(9-1-2-9)14(21-16)8-19-11-4-5-11/h3,6-7,9,11,19H,1-2,4-5,8H2. The summed E-state index contributed by atoms with van der Waals surface area (Å²) in [4.78, 5) is 6.21. The Hall–Kier alpha value is -0.780. The van der Waals surface area contributed by atoms with Crippen molar-refractivity contribution < 1.29 is 4.39 Å². The van der Waals surface area contributed by atoms with Gasteiger partial charge in [-0.1, -0.05) is 0 Å². The molecule has 0 aliphatic heterocycles. The van der Waals surface area contributed by atoms with E-state index >= 15 is 0 Å². The van der Waals surface area contributed by atoms with E-state index in [9.17, 15) is 4.39 Å². The van der Waals surface area contributed by atoms with Crippen molar-refractivity contribution in [3.63, 3.8) is 0 Å². The molecule has 21 heavy (non-hydrogen) atoms. The molecule has 2 aliphatic carbocycles. The monoisotopic (exact) mass is 366 g/mol. The topological polar surface area (TPSA) is 24.9 Å². The van der Waals surface area contributed by atoms with Crippen LogP contribution in [-0.4, -0.2) is 11.0 Å². The van der Waals surface area contributed by atoms with E-state index in [-0.39, 0.29) is 5.82 Å². The van der Waals surface area contributed by atoms with E-state index < -0.39 is 0 Å². The fraction of sp³-hybridized carbons (Fsp3) is 0.438. The fourth-order valence-corrected chi connectivity index (χ4v) is 3.92. The molecule has 2 aromatic rings. The number of nitrogens with zero attached hydrogens (tertiary/aromatic N) is 1. The van der Waals surface area contributed by atoms with E-state index in [1.165, 1.54) is 42.3 Å². The molecule has 1 heterocycles. The van der Waals surface area contributed by atoms with Crippen LogP contribution in [0.15, 0.2) is 22.7 Å². The zero-order valence-corrected chi connectivity index (χ0v) is 13.9. The predicted octanol–water partition coefficient (Wildman–Crippen LogP) is 4.84. The van der Waals surface area contributed by atoms with Gasteiger partial charge in [0, 0.05) is 28.9 Å². The first-order valence-corrected chi connectivity index (χ1v) is 9.00. The highest BCUT2D eigenvalue weighted by Gasteiger charge is 2.30. The quantitative estimate of drug-likeness (QED) is 0.818. The van der Waals surface area contributed by atoms with Gasteiger partial charge in [-0.05, 0) is 59.8 Å². The molecule has 1 aromatic carbocycles. The lowest BCUT2D eigenvalue weighted by molar-refractivity contribution is 0.621. The molecule has 0 atom stereocenters. The molecule has 2 nitrogen and oxygen atoms in total. The molecule has 0 amide bonds. The van der Waals surface area contributed by atoms with E-state index in [0.29, 0.717) is 16.4 Å². The van der Waals surface area contributed by atoms with E-state index in [0.717, 1.165) is 17.1 Å². The minimum atomic E-state index is -0.228. The molecule has 1 aromatic heterocycles. The van der Waals surface area contributed by atoms with Crippen molar-refractivity contribution >= 4 is 27.3 Å². The van der Waals surface area contributed by atoms with Crippen molar-refractivity contribution in [1.82, 2.24) is 10.3 Å². The number of thiazole rings is 1. The lowest BCUT2D eigenvalue weighted by Gasteiger charge is -2.01. The normalized spacial score (nSPS) is 18.2. The first-order valence-electron chi connectivity index (χ1n) is 7.39. The van der Waals surface area contributed by atoms with Crippen molar-refractivity contribution in [2.45, 2.75) is 44.2 Å². The minimum Gasteiger partial charge on any atom is -0.309 e. The van der Waals surface area contributed by atoms with Crippen LogP contribution in [0.3, 0.4) is 0 Å². The minimum absolute atomic E-state index is 0.228. The van der Waals surface area contributed by atoms with Gasteiger partial charge in [-0.25, -0.2) is 9.37 Å². The third kappa shape index (κ3) is 3.05. The SMILES string of the molecule is Fc1ccc(-c2nc(C3CC3)c(CNC3CC3)s2)cc1Br. The van der Waals surface area contributed by atoms with Gasteiger partial charge in [-0.3, -0.25) is 0 Å². The van der Waals surface area contributed by atoms with E-state index in [2.05, 4.69) is 21.2 Å². The molecule has 0 radical (unpaired) electrons. The molecule has 2 saturated carbocycles. The molecule has 4 rings (SSSR count). The lowest BCUT2D eigenvalue weighted by Crippen LogP contribution is -2.15. The summed E-state index contributed by atoms with van der Waals surface area (Å²) in [5, 5.41) is 4.59. The zero-order valence-electron chi connectivity index (χ0n) is 11.5. The molecule has 0 saturated heterocycles. The van der Waals surface area contributed by atoms with Gasteiger partial charge in [0.15, 0.2) is 0 Å². The zero-order chi connectivity index (χ0) is 14.4. The first-order chi connectivity index (χ1) is 10.2. The van der Waals surface area contributed by atoms with Crippen LogP contribution in [-0.2, 0) is 6.54 Å². The molecule has 1 N–H and O–H groups in total. The van der Waals surface area contributed by atoms with E-state index in [4.69, 9.17) is 4.98 Å². The van der Waals surface area contributed by atoms with Crippen molar-refractivity contribution in [3.8, 4) is 10.6 Å². The Morgan fingerprint density at radius 1 is 1.29 bits per heavy atom. The van der Waals surface area contributed by atoms with Crippen LogP contribution < -0.4 is 5.32 Å². The maximum absolute atomic E-state index is 13.4. The summed E-state index contributed by atoms with van der Waals surface area (Å²) in [6.07, 6.45) is 5.12. The van der Waals surface area contributed by atoms with Gasteiger partial charge < -0.3 is 5.32 Å². The molecule has 0 bridgehead atoms. The maximum Gasteiger partial charge on any atom is 0.137 e. The molecule has 5 heteroatoms. The largest absolute Gasteiger partial charge is 0.309 e. The lowest BCUT2D eigenvalue weighted by atomic mass is 10.2. The van der Waals surface area contributed by atoms with Gasteiger partial charge in [-0.2, -0.15) is 0 Å². The second kappa shape index (κ2) is 5.45. The summed E-state index contributed by atoms with van der Waals surface area (Å²) >= 11 is 5.01. The Balaban J connectivity index is 1.64. The van der Waals surface area contributed by atoms with Crippen molar-refractivity contribution in [2.75, 3.05) is 0 Å². The number of halogens is 2. The summed E-state index contributed by atoms with van der Waals surface area (Å²) < 4.78 is 13.9. The molecule has 110 valence electrons. The van der Waals surface area contributed by atoms with Gasteiger partial charge >= 0.3 is 0 Å². The van der Waals surface area contributed by atoms with E-state index in [1.54, 1.807) is 11.3 Å². The Bertz CT molecular complexity index is 677. The van der Waals surface area contributed by atoms with Crippen molar-refractivity contribution in [2.24, 2.45) is 0 Å². The first kappa shape index (κ1) is 13.9. The van der Waals surface area contributed by atoms with Gasteiger partial charge in [0.25, 0.3) is 0 Å². The number of benzene rings is 1. The highest BCUT2D eigenvalue weighted by molar-refractivity contribution is 9.10. The van der Waals surface area contributed by atoms with Crippen LogP contribution in [0.25, 0.3) is 10.6 Å². The van der Waals surface area contributed by atoms with Crippen LogP contribution in [0.1, 0.15) is 42.2 Å². The van der Waals surface area contributed by atoms with Crippen LogP contribution >= 0.6 is 27.3 Å². The van der Waals surface area contributed by atoms with Crippen LogP contribution in [0.5, 0.6) is 0 Å². The van der Waals surface area contributed by atoms with Gasteiger partial charge in [0.2, 0.25) is 0 Å². The van der Waals surface area contributed by atoms with Gasteiger partial charge in [0.05, 0.1) is 10.2 Å². The summed E-state index contributed by atoms with van der Waals surface area (Å²) in [6, 6.07) is 5.85. The smallest absolute Gasteiger partial charge is 0.137 e. The molecule has 0 spiro atoms. The second-order valence-electron chi connectivity index (χ2n) is 5.89. The summed E-state index contributed by atoms with van der Waals surface area (Å²) in [6.45, 7) is 0.927. The molecular weight excluding hydrogens is 351 g/mol. The van der Waals surface area contributed by atoms with E-state index in [1.807, 2.05) is 12.1 Å². The van der Waals surface area contributed by atoms with Crippen molar-refractivity contribution in [1.29, 1.82) is 0 Å². The highest BCUT2D eigenvalue weighted by Crippen LogP contribution is 2.44.